The minimum absolute atomic E-state index is 0.0170. The standard InChI is InChI=1S/C25H25N3O4S/c1-4-26-22(29)20(13-17-14-27(15(2)3)21-8-6-5-7-19(17)21)23(30)28(25(26)33)18-11-9-16(10-12-18)24(31)32/h5-15,24,31-32H,4H2,1-3H3/b20-13+. The van der Waals surface area contributed by atoms with Gasteiger partial charge in [-0.05, 0) is 57.3 Å². The molecule has 1 fully saturated rings. The summed E-state index contributed by atoms with van der Waals surface area (Å²) >= 11 is 5.48. The van der Waals surface area contributed by atoms with Crippen molar-refractivity contribution in [3.05, 3.63) is 71.4 Å². The zero-order valence-corrected chi connectivity index (χ0v) is 19.4. The molecule has 0 atom stereocenters. The van der Waals surface area contributed by atoms with E-state index in [1.165, 1.54) is 21.9 Å². The van der Waals surface area contributed by atoms with Crippen LogP contribution >= 0.6 is 12.2 Å². The number of carbonyl (C=O) groups is 2. The Hall–Kier alpha value is -3.33. The molecule has 1 aliphatic rings. The maximum absolute atomic E-state index is 13.5. The summed E-state index contributed by atoms with van der Waals surface area (Å²) in [5.74, 6) is -0.957. The van der Waals surface area contributed by atoms with E-state index in [0.29, 0.717) is 12.2 Å². The fraction of sp³-hybridized carbons (Fsp3) is 0.240. The number of anilines is 1. The summed E-state index contributed by atoms with van der Waals surface area (Å²) in [5.41, 5.74) is 2.54. The van der Waals surface area contributed by atoms with Gasteiger partial charge in [-0.1, -0.05) is 30.3 Å². The van der Waals surface area contributed by atoms with Crippen molar-refractivity contribution in [2.75, 3.05) is 11.4 Å². The average molecular weight is 464 g/mol. The van der Waals surface area contributed by atoms with E-state index in [0.717, 1.165) is 16.5 Å². The molecule has 0 radical (unpaired) electrons. The van der Waals surface area contributed by atoms with E-state index in [2.05, 4.69) is 18.4 Å². The van der Waals surface area contributed by atoms with E-state index >= 15 is 0 Å². The molecular formula is C25H25N3O4S. The third kappa shape index (κ3) is 3.97. The predicted molar refractivity (Wildman–Crippen MR) is 131 cm³/mol. The highest BCUT2D eigenvalue weighted by Crippen LogP contribution is 2.30. The zero-order chi connectivity index (χ0) is 23.9. The number of amides is 2. The van der Waals surface area contributed by atoms with Gasteiger partial charge < -0.3 is 14.8 Å². The molecule has 1 aliphatic heterocycles. The van der Waals surface area contributed by atoms with Crippen LogP contribution in [0.15, 0.2) is 60.3 Å². The topological polar surface area (TPSA) is 86.0 Å². The third-order valence-corrected chi connectivity index (χ3v) is 6.13. The number of thiocarbonyl (C=S) groups is 1. The van der Waals surface area contributed by atoms with E-state index in [1.807, 2.05) is 30.5 Å². The van der Waals surface area contributed by atoms with Gasteiger partial charge in [-0.25, -0.2) is 0 Å². The highest BCUT2D eigenvalue weighted by molar-refractivity contribution is 7.80. The molecule has 2 amide bonds. The van der Waals surface area contributed by atoms with E-state index in [4.69, 9.17) is 12.2 Å². The number of fused-ring (bicyclic) bond motifs is 1. The molecule has 0 bridgehead atoms. The van der Waals surface area contributed by atoms with Gasteiger partial charge in [0.25, 0.3) is 11.8 Å². The van der Waals surface area contributed by atoms with Gasteiger partial charge in [-0.3, -0.25) is 19.4 Å². The van der Waals surface area contributed by atoms with Gasteiger partial charge in [0.05, 0.1) is 5.69 Å². The number of aliphatic hydroxyl groups is 2. The Morgan fingerprint density at radius 2 is 1.67 bits per heavy atom. The molecule has 2 aromatic carbocycles. The second-order valence-electron chi connectivity index (χ2n) is 8.10. The molecule has 1 aromatic heterocycles. The Bertz CT molecular complexity index is 1270. The number of carbonyl (C=O) groups excluding carboxylic acids is 2. The van der Waals surface area contributed by atoms with Crippen LogP contribution in [0.4, 0.5) is 5.69 Å². The largest absolute Gasteiger partial charge is 0.364 e. The molecule has 33 heavy (non-hydrogen) atoms. The summed E-state index contributed by atoms with van der Waals surface area (Å²) in [6.45, 7) is 6.25. The highest BCUT2D eigenvalue weighted by Gasteiger charge is 2.39. The number of rotatable bonds is 5. The van der Waals surface area contributed by atoms with Crippen molar-refractivity contribution < 1.29 is 19.8 Å². The van der Waals surface area contributed by atoms with Crippen LogP contribution in [-0.2, 0) is 9.59 Å². The van der Waals surface area contributed by atoms with Crippen molar-refractivity contribution in [1.82, 2.24) is 9.47 Å². The first-order valence-electron chi connectivity index (χ1n) is 10.7. The smallest absolute Gasteiger partial charge is 0.270 e. The van der Waals surface area contributed by atoms with Crippen LogP contribution in [0.1, 0.15) is 44.2 Å². The number of nitrogens with zero attached hydrogens (tertiary/aromatic N) is 3. The fourth-order valence-corrected chi connectivity index (χ4v) is 4.41. The van der Waals surface area contributed by atoms with Gasteiger partial charge in [0.2, 0.25) is 0 Å². The fourth-order valence-electron chi connectivity index (χ4n) is 4.01. The molecule has 4 rings (SSSR count). The summed E-state index contributed by atoms with van der Waals surface area (Å²) < 4.78 is 2.11. The summed E-state index contributed by atoms with van der Waals surface area (Å²) in [5, 5.41) is 19.8. The molecule has 0 spiro atoms. The summed E-state index contributed by atoms with van der Waals surface area (Å²) in [4.78, 5) is 29.4. The maximum atomic E-state index is 13.5. The van der Waals surface area contributed by atoms with E-state index in [1.54, 1.807) is 25.1 Å². The molecule has 170 valence electrons. The number of likely N-dealkylation sites (N-methyl/N-ethyl adjacent to an activating group) is 1. The quantitative estimate of drug-likeness (QED) is 0.260. The van der Waals surface area contributed by atoms with Gasteiger partial charge in [0, 0.05) is 40.8 Å². The molecule has 0 unspecified atom stereocenters. The normalized spacial score (nSPS) is 16.2. The molecule has 2 N–H and O–H groups in total. The van der Waals surface area contributed by atoms with Crippen LogP contribution in [0.3, 0.4) is 0 Å². The van der Waals surface area contributed by atoms with Crippen LogP contribution in [0.25, 0.3) is 17.0 Å². The number of benzene rings is 2. The van der Waals surface area contributed by atoms with Crippen molar-refractivity contribution in [2.45, 2.75) is 33.1 Å². The number of hydrogen-bond donors (Lipinski definition) is 2. The van der Waals surface area contributed by atoms with Crippen molar-refractivity contribution in [3.63, 3.8) is 0 Å². The number of aliphatic hydroxyl groups excluding tert-OH is 1. The Morgan fingerprint density at radius 1 is 1.00 bits per heavy atom. The molecule has 0 saturated carbocycles. The first-order valence-corrected chi connectivity index (χ1v) is 11.1. The molecule has 0 aliphatic carbocycles. The minimum atomic E-state index is -1.62. The minimum Gasteiger partial charge on any atom is -0.364 e. The lowest BCUT2D eigenvalue weighted by molar-refractivity contribution is -0.127. The molecule has 1 saturated heterocycles. The van der Waals surface area contributed by atoms with Crippen LogP contribution in [0.2, 0.25) is 0 Å². The van der Waals surface area contributed by atoms with Crippen molar-refractivity contribution in [3.8, 4) is 0 Å². The second-order valence-corrected chi connectivity index (χ2v) is 8.46. The molecule has 3 aromatic rings. The Balaban J connectivity index is 1.84. The first kappa shape index (κ1) is 22.8. The van der Waals surface area contributed by atoms with E-state index in [9.17, 15) is 19.8 Å². The zero-order valence-electron chi connectivity index (χ0n) is 18.6. The molecule has 2 heterocycles. The summed E-state index contributed by atoms with van der Waals surface area (Å²) in [6, 6.07) is 14.2. The monoisotopic (exact) mass is 463 g/mol. The van der Waals surface area contributed by atoms with Gasteiger partial charge >= 0.3 is 0 Å². The predicted octanol–water partition coefficient (Wildman–Crippen LogP) is 3.77. The molecule has 7 nitrogen and oxygen atoms in total. The Kier molecular flexibility index (Phi) is 6.16. The SMILES string of the molecule is CCN1C(=O)/C(=C\c2cn(C(C)C)c3ccccc23)C(=O)N(c2ccc(C(O)O)cc2)C1=S. The van der Waals surface area contributed by atoms with Gasteiger partial charge in [-0.2, -0.15) is 0 Å². The second kappa shape index (κ2) is 8.90. The van der Waals surface area contributed by atoms with Crippen molar-refractivity contribution in [1.29, 1.82) is 0 Å². The number of para-hydroxylation sites is 1. The third-order valence-electron chi connectivity index (χ3n) is 5.72. The Labute approximate surface area is 197 Å². The Morgan fingerprint density at radius 3 is 2.27 bits per heavy atom. The number of hydrogen-bond acceptors (Lipinski definition) is 5. The molecule has 8 heteroatoms. The number of aromatic nitrogens is 1. The lowest BCUT2D eigenvalue weighted by Gasteiger charge is -2.36. The maximum Gasteiger partial charge on any atom is 0.270 e. The first-order chi connectivity index (χ1) is 15.7. The van der Waals surface area contributed by atoms with E-state index in [-0.39, 0.29) is 22.3 Å². The van der Waals surface area contributed by atoms with Gasteiger partial charge in [-0.15, -0.1) is 0 Å². The highest BCUT2D eigenvalue weighted by atomic mass is 32.1. The van der Waals surface area contributed by atoms with Crippen LogP contribution in [0.5, 0.6) is 0 Å². The van der Waals surface area contributed by atoms with Crippen molar-refractivity contribution in [2.24, 2.45) is 0 Å². The lowest BCUT2D eigenvalue weighted by atomic mass is 10.0. The van der Waals surface area contributed by atoms with Crippen molar-refractivity contribution >= 4 is 51.8 Å². The average Bonchev–Trinajstić information content (AvgIpc) is 3.16. The lowest BCUT2D eigenvalue weighted by Crippen LogP contribution is -2.56. The van der Waals surface area contributed by atoms with Crippen LogP contribution in [-0.4, -0.2) is 43.2 Å². The molecular weight excluding hydrogens is 438 g/mol. The van der Waals surface area contributed by atoms with Crippen LogP contribution in [0, 0.1) is 0 Å². The summed E-state index contributed by atoms with van der Waals surface area (Å²) in [6.07, 6.45) is 1.97. The van der Waals surface area contributed by atoms with E-state index < -0.39 is 18.1 Å². The van der Waals surface area contributed by atoms with Gasteiger partial charge in [0.15, 0.2) is 11.4 Å². The van der Waals surface area contributed by atoms with Gasteiger partial charge in [0.1, 0.15) is 5.57 Å². The van der Waals surface area contributed by atoms with Crippen LogP contribution < -0.4 is 4.90 Å². The summed E-state index contributed by atoms with van der Waals surface area (Å²) in [7, 11) is 0.